The molecular formula is C42H25NOS. The Kier molecular flexibility index (Phi) is 5.19. The quantitative estimate of drug-likeness (QED) is 0.200. The van der Waals surface area contributed by atoms with E-state index >= 15 is 0 Å². The molecule has 0 aliphatic rings. The van der Waals surface area contributed by atoms with E-state index in [0.717, 1.165) is 27.6 Å². The minimum atomic E-state index is 0.926. The Hall–Kier alpha value is -5.64. The number of para-hydroxylation sites is 2. The van der Waals surface area contributed by atoms with Crippen LogP contribution >= 0.6 is 11.3 Å². The van der Waals surface area contributed by atoms with E-state index in [4.69, 9.17) is 4.42 Å². The molecule has 0 unspecified atom stereocenters. The molecule has 3 aromatic heterocycles. The van der Waals surface area contributed by atoms with Gasteiger partial charge in [-0.2, -0.15) is 0 Å². The molecule has 0 aliphatic carbocycles. The van der Waals surface area contributed by atoms with Crippen molar-refractivity contribution in [3.05, 3.63) is 152 Å². The molecule has 210 valence electrons. The number of thiophene rings is 1. The zero-order chi connectivity index (χ0) is 29.5. The summed E-state index contributed by atoms with van der Waals surface area (Å²) in [5, 5.41) is 7.29. The van der Waals surface area contributed by atoms with Crippen molar-refractivity contribution in [3.63, 3.8) is 0 Å². The summed E-state index contributed by atoms with van der Waals surface area (Å²) >= 11 is 1.86. The fraction of sp³-hybridized carbons (Fsp3) is 0. The van der Waals surface area contributed by atoms with Gasteiger partial charge in [0.2, 0.25) is 0 Å². The van der Waals surface area contributed by atoms with Crippen molar-refractivity contribution < 1.29 is 4.42 Å². The van der Waals surface area contributed by atoms with E-state index in [-0.39, 0.29) is 0 Å². The van der Waals surface area contributed by atoms with Gasteiger partial charge in [-0.1, -0.05) is 109 Å². The van der Waals surface area contributed by atoms with E-state index in [2.05, 4.69) is 156 Å². The van der Waals surface area contributed by atoms with Crippen LogP contribution in [0.2, 0.25) is 0 Å². The van der Waals surface area contributed by atoms with E-state index in [0.29, 0.717) is 0 Å². The van der Waals surface area contributed by atoms with Crippen LogP contribution in [0.5, 0.6) is 0 Å². The summed E-state index contributed by atoms with van der Waals surface area (Å²) in [6.45, 7) is 0. The normalized spacial score (nSPS) is 12.0. The van der Waals surface area contributed by atoms with E-state index in [1.807, 2.05) is 11.3 Å². The van der Waals surface area contributed by atoms with Gasteiger partial charge in [0, 0.05) is 53.0 Å². The third kappa shape index (κ3) is 3.56. The van der Waals surface area contributed by atoms with Crippen molar-refractivity contribution in [1.29, 1.82) is 0 Å². The molecule has 3 heterocycles. The summed E-state index contributed by atoms with van der Waals surface area (Å²) in [5.41, 5.74) is 10.4. The Bertz CT molecular complexity index is 2740. The third-order valence-corrected chi connectivity index (χ3v) is 10.4. The number of aromatic nitrogens is 1. The highest BCUT2D eigenvalue weighted by Gasteiger charge is 2.22. The molecule has 10 rings (SSSR count). The molecule has 0 atom stereocenters. The largest absolute Gasteiger partial charge is 0.455 e. The first-order valence-corrected chi connectivity index (χ1v) is 16.1. The molecule has 2 nitrogen and oxygen atoms in total. The minimum Gasteiger partial charge on any atom is -0.455 e. The van der Waals surface area contributed by atoms with Gasteiger partial charge in [-0.15, -0.1) is 11.3 Å². The van der Waals surface area contributed by atoms with Crippen molar-refractivity contribution in [1.82, 2.24) is 4.57 Å². The average Bonchev–Trinajstić information content (AvgIpc) is 3.78. The Balaban J connectivity index is 1.30. The highest BCUT2D eigenvalue weighted by molar-refractivity contribution is 7.26. The van der Waals surface area contributed by atoms with Gasteiger partial charge in [0.1, 0.15) is 11.2 Å². The van der Waals surface area contributed by atoms with Crippen molar-refractivity contribution in [3.8, 4) is 27.9 Å². The van der Waals surface area contributed by atoms with Gasteiger partial charge >= 0.3 is 0 Å². The predicted molar refractivity (Wildman–Crippen MR) is 192 cm³/mol. The van der Waals surface area contributed by atoms with Crippen molar-refractivity contribution in [2.24, 2.45) is 0 Å². The summed E-state index contributed by atoms with van der Waals surface area (Å²) in [4.78, 5) is 0. The fourth-order valence-corrected chi connectivity index (χ4v) is 8.45. The monoisotopic (exact) mass is 591 g/mol. The topological polar surface area (TPSA) is 18.1 Å². The second-order valence-electron chi connectivity index (χ2n) is 11.7. The number of benzene rings is 7. The molecule has 10 aromatic rings. The molecule has 3 heteroatoms. The van der Waals surface area contributed by atoms with Gasteiger partial charge in [-0.05, 0) is 59.2 Å². The molecular weight excluding hydrogens is 567 g/mol. The van der Waals surface area contributed by atoms with E-state index in [9.17, 15) is 0 Å². The Morgan fingerprint density at radius 1 is 0.467 bits per heavy atom. The third-order valence-electron chi connectivity index (χ3n) is 9.21. The van der Waals surface area contributed by atoms with Crippen LogP contribution in [0.15, 0.2) is 156 Å². The predicted octanol–water partition coefficient (Wildman–Crippen LogP) is 12.4. The van der Waals surface area contributed by atoms with Gasteiger partial charge in [-0.3, -0.25) is 0 Å². The smallest absolute Gasteiger partial charge is 0.144 e. The van der Waals surface area contributed by atoms with Crippen LogP contribution in [0.3, 0.4) is 0 Å². The van der Waals surface area contributed by atoms with E-state index in [1.54, 1.807) is 0 Å². The lowest BCUT2D eigenvalue weighted by molar-refractivity contribution is 0.673. The summed E-state index contributed by atoms with van der Waals surface area (Å²) in [7, 11) is 0. The SMILES string of the molecule is c1ccc(-c2ccc(-n3c4ccccc4c4c(-c5cc6c7ccccc7oc6c6c5sc5ccccc56)cccc43)cc2)cc1. The maximum Gasteiger partial charge on any atom is 0.144 e. The molecule has 0 radical (unpaired) electrons. The molecule has 7 aromatic carbocycles. The summed E-state index contributed by atoms with van der Waals surface area (Å²) in [5.74, 6) is 0. The summed E-state index contributed by atoms with van der Waals surface area (Å²) in [6, 6.07) is 54.6. The number of hydrogen-bond donors (Lipinski definition) is 0. The van der Waals surface area contributed by atoms with Crippen LogP contribution in [0.1, 0.15) is 0 Å². The van der Waals surface area contributed by atoms with Gasteiger partial charge in [0.25, 0.3) is 0 Å². The first-order chi connectivity index (χ1) is 22.3. The van der Waals surface area contributed by atoms with Crippen molar-refractivity contribution >= 4 is 75.3 Å². The van der Waals surface area contributed by atoms with Crippen LogP contribution < -0.4 is 0 Å². The van der Waals surface area contributed by atoms with Crippen molar-refractivity contribution in [2.45, 2.75) is 0 Å². The van der Waals surface area contributed by atoms with Crippen LogP contribution in [0.25, 0.3) is 91.9 Å². The van der Waals surface area contributed by atoms with Crippen LogP contribution in [-0.2, 0) is 0 Å². The Labute approximate surface area is 263 Å². The molecule has 0 N–H and O–H groups in total. The van der Waals surface area contributed by atoms with Gasteiger partial charge < -0.3 is 8.98 Å². The van der Waals surface area contributed by atoms with Crippen LogP contribution in [0, 0.1) is 0 Å². The lowest BCUT2D eigenvalue weighted by Crippen LogP contribution is -1.93. The molecule has 0 amide bonds. The first-order valence-electron chi connectivity index (χ1n) is 15.3. The number of hydrogen-bond acceptors (Lipinski definition) is 2. The fourth-order valence-electron chi connectivity index (χ4n) is 7.22. The van der Waals surface area contributed by atoms with E-state index < -0.39 is 0 Å². The van der Waals surface area contributed by atoms with Crippen molar-refractivity contribution in [2.75, 3.05) is 0 Å². The zero-order valence-corrected chi connectivity index (χ0v) is 25.0. The second kappa shape index (κ2) is 9.43. The minimum absolute atomic E-state index is 0.926. The summed E-state index contributed by atoms with van der Waals surface area (Å²) in [6.07, 6.45) is 0. The summed E-state index contributed by atoms with van der Waals surface area (Å²) < 4.78 is 11.5. The molecule has 0 spiro atoms. The lowest BCUT2D eigenvalue weighted by Gasteiger charge is -2.11. The maximum absolute atomic E-state index is 6.59. The highest BCUT2D eigenvalue weighted by atomic mass is 32.1. The lowest BCUT2D eigenvalue weighted by atomic mass is 9.95. The maximum atomic E-state index is 6.59. The highest BCUT2D eigenvalue weighted by Crippen LogP contribution is 2.49. The Morgan fingerprint density at radius 3 is 2.02 bits per heavy atom. The molecule has 0 saturated carbocycles. The molecule has 0 bridgehead atoms. The van der Waals surface area contributed by atoms with Gasteiger partial charge in [0.15, 0.2) is 0 Å². The second-order valence-corrected chi connectivity index (χ2v) is 12.7. The molecule has 45 heavy (non-hydrogen) atoms. The molecule has 0 fully saturated rings. The molecule has 0 saturated heterocycles. The van der Waals surface area contributed by atoms with E-state index in [1.165, 1.54) is 64.2 Å². The van der Waals surface area contributed by atoms with Crippen LogP contribution in [-0.4, -0.2) is 4.57 Å². The number of rotatable bonds is 3. The zero-order valence-electron chi connectivity index (χ0n) is 24.2. The van der Waals surface area contributed by atoms with Crippen LogP contribution in [0.4, 0.5) is 0 Å². The van der Waals surface area contributed by atoms with Gasteiger partial charge in [0.05, 0.1) is 11.0 Å². The number of nitrogens with zero attached hydrogens (tertiary/aromatic N) is 1. The first kappa shape index (κ1) is 24.8. The molecule has 0 aliphatic heterocycles. The Morgan fingerprint density at radius 2 is 1.16 bits per heavy atom. The number of fused-ring (bicyclic) bond motifs is 10. The average molecular weight is 592 g/mol. The standard InChI is InChI=1S/C42H25NOS/c1-2-11-26(12-3-1)27-21-23-28(24-22-27)43-35-17-7-4-14-31(35)39-30(16-10-18-36(39)43)34-25-33-29-13-5-8-19-37(29)44-41(33)40-32-15-6-9-20-38(32)45-42(34)40/h1-25H. The number of furan rings is 1. The van der Waals surface area contributed by atoms with Gasteiger partial charge in [-0.25, -0.2) is 0 Å².